The fraction of sp³-hybridized carbons (Fsp3) is 0.364. The number of halogens is 2. The Kier molecular flexibility index (Phi) is 4.89. The molecule has 2 N–H and O–H groups in total. The topological polar surface area (TPSA) is 30.9 Å². The van der Waals surface area contributed by atoms with E-state index in [1.54, 1.807) is 6.20 Å². The van der Waals surface area contributed by atoms with E-state index in [9.17, 15) is 8.78 Å². The maximum atomic E-state index is 13.3. The third-order valence-corrected chi connectivity index (χ3v) is 4.64. The third-order valence-electron chi connectivity index (χ3n) is 4.64. The zero-order chi connectivity index (χ0) is 19.1. The van der Waals surface area contributed by atoms with Gasteiger partial charge in [-0.1, -0.05) is 57.2 Å². The van der Waals surface area contributed by atoms with Crippen LogP contribution >= 0.6 is 0 Å². The highest BCUT2D eigenvalue weighted by Crippen LogP contribution is 2.34. The van der Waals surface area contributed by atoms with Crippen molar-refractivity contribution in [2.24, 2.45) is 11.1 Å². The van der Waals surface area contributed by atoms with Crippen molar-refractivity contribution in [3.05, 3.63) is 59.8 Å². The maximum absolute atomic E-state index is 13.3. The fourth-order valence-electron chi connectivity index (χ4n) is 3.43. The molecule has 0 saturated carbocycles. The van der Waals surface area contributed by atoms with E-state index in [4.69, 9.17) is 5.73 Å². The fourth-order valence-corrected chi connectivity index (χ4v) is 3.43. The zero-order valence-corrected chi connectivity index (χ0v) is 15.8. The number of aryl methyl sites for hydroxylation is 1. The standard InChI is InChI=1S/C22H26F2N2/c1-14-7-5-6-8-16(14)15-9-10-17-18(20(25)21(23)24)12-26(19(17)11-15)13-22(2,3)4/h5-12,20-21H,13,25H2,1-4H3. The maximum Gasteiger partial charge on any atom is 0.257 e. The van der Waals surface area contributed by atoms with Gasteiger partial charge in [0.1, 0.15) is 0 Å². The van der Waals surface area contributed by atoms with Crippen molar-refractivity contribution < 1.29 is 8.78 Å². The first-order chi connectivity index (χ1) is 12.2. The van der Waals surface area contributed by atoms with Gasteiger partial charge in [0, 0.05) is 29.2 Å². The van der Waals surface area contributed by atoms with Crippen LogP contribution in [0.15, 0.2) is 48.7 Å². The van der Waals surface area contributed by atoms with Gasteiger partial charge in [0.25, 0.3) is 6.43 Å². The molecular formula is C22H26F2N2. The Hall–Kier alpha value is -2.20. The van der Waals surface area contributed by atoms with Gasteiger partial charge in [0.2, 0.25) is 0 Å². The van der Waals surface area contributed by atoms with Gasteiger partial charge in [-0.05, 0) is 35.1 Å². The summed E-state index contributed by atoms with van der Waals surface area (Å²) in [7, 11) is 0. The summed E-state index contributed by atoms with van der Waals surface area (Å²) in [6.07, 6.45) is -0.784. The second-order valence-corrected chi connectivity index (χ2v) is 8.18. The smallest absolute Gasteiger partial charge is 0.257 e. The van der Waals surface area contributed by atoms with Gasteiger partial charge in [0.15, 0.2) is 0 Å². The molecule has 0 aliphatic carbocycles. The minimum atomic E-state index is -2.58. The Morgan fingerprint density at radius 3 is 2.38 bits per heavy atom. The van der Waals surface area contributed by atoms with Crippen molar-refractivity contribution in [3.8, 4) is 11.1 Å². The van der Waals surface area contributed by atoms with Gasteiger partial charge in [0.05, 0.1) is 6.04 Å². The summed E-state index contributed by atoms with van der Waals surface area (Å²) in [6.45, 7) is 9.22. The van der Waals surface area contributed by atoms with E-state index >= 15 is 0 Å². The molecular weight excluding hydrogens is 330 g/mol. The van der Waals surface area contributed by atoms with Crippen molar-refractivity contribution in [2.75, 3.05) is 0 Å². The monoisotopic (exact) mass is 356 g/mol. The van der Waals surface area contributed by atoms with E-state index in [0.717, 1.165) is 28.6 Å². The lowest BCUT2D eigenvalue weighted by atomic mass is 9.96. The number of nitrogens with two attached hydrogens (primary N) is 1. The van der Waals surface area contributed by atoms with Gasteiger partial charge in [-0.15, -0.1) is 0 Å². The van der Waals surface area contributed by atoms with Crippen LogP contribution in [0.5, 0.6) is 0 Å². The summed E-state index contributed by atoms with van der Waals surface area (Å²) in [5.74, 6) is 0. The summed E-state index contributed by atoms with van der Waals surface area (Å²) >= 11 is 0. The van der Waals surface area contributed by atoms with Crippen molar-refractivity contribution in [2.45, 2.75) is 46.7 Å². The first kappa shape index (κ1) is 18.6. The Bertz CT molecular complexity index is 920. The van der Waals surface area contributed by atoms with E-state index in [0.29, 0.717) is 5.56 Å². The van der Waals surface area contributed by atoms with Crippen LogP contribution in [0.2, 0.25) is 0 Å². The molecule has 3 rings (SSSR count). The van der Waals surface area contributed by atoms with E-state index in [1.165, 1.54) is 5.56 Å². The molecule has 1 atom stereocenters. The van der Waals surface area contributed by atoms with Gasteiger partial charge in [-0.3, -0.25) is 0 Å². The SMILES string of the molecule is Cc1ccccc1-c1ccc2c(C(N)C(F)F)cn(CC(C)(C)C)c2c1. The minimum absolute atomic E-state index is 0.0246. The molecule has 2 nitrogen and oxygen atoms in total. The molecule has 4 heteroatoms. The number of nitrogens with zero attached hydrogens (tertiary/aromatic N) is 1. The van der Waals surface area contributed by atoms with Crippen LogP contribution in [-0.2, 0) is 6.54 Å². The molecule has 2 aromatic carbocycles. The number of benzene rings is 2. The molecule has 0 amide bonds. The Morgan fingerprint density at radius 1 is 1.08 bits per heavy atom. The molecule has 0 fully saturated rings. The molecule has 1 aromatic heterocycles. The van der Waals surface area contributed by atoms with Crippen LogP contribution in [0, 0.1) is 12.3 Å². The third kappa shape index (κ3) is 3.65. The van der Waals surface area contributed by atoms with Gasteiger partial charge in [-0.25, -0.2) is 8.78 Å². The van der Waals surface area contributed by atoms with Crippen LogP contribution in [0.25, 0.3) is 22.0 Å². The molecule has 0 spiro atoms. The lowest BCUT2D eigenvalue weighted by Gasteiger charge is -2.20. The van der Waals surface area contributed by atoms with E-state index < -0.39 is 12.5 Å². The van der Waals surface area contributed by atoms with Crippen LogP contribution in [0.4, 0.5) is 8.78 Å². The number of hydrogen-bond acceptors (Lipinski definition) is 1. The molecule has 0 radical (unpaired) electrons. The predicted octanol–water partition coefficient (Wildman–Crippen LogP) is 5.93. The Morgan fingerprint density at radius 2 is 1.77 bits per heavy atom. The van der Waals surface area contributed by atoms with Gasteiger partial charge < -0.3 is 10.3 Å². The summed E-state index contributed by atoms with van der Waals surface area (Å²) in [4.78, 5) is 0. The van der Waals surface area contributed by atoms with Crippen LogP contribution in [-0.4, -0.2) is 11.0 Å². The van der Waals surface area contributed by atoms with E-state index in [2.05, 4.69) is 50.5 Å². The summed E-state index contributed by atoms with van der Waals surface area (Å²) < 4.78 is 28.6. The average Bonchev–Trinajstić information content (AvgIpc) is 2.90. The van der Waals surface area contributed by atoms with Crippen LogP contribution < -0.4 is 5.73 Å². The number of hydrogen-bond donors (Lipinski definition) is 1. The number of aromatic nitrogens is 1. The van der Waals surface area contributed by atoms with Crippen LogP contribution in [0.1, 0.15) is 37.9 Å². The average molecular weight is 356 g/mol. The van der Waals surface area contributed by atoms with E-state index in [-0.39, 0.29) is 5.41 Å². The first-order valence-electron chi connectivity index (χ1n) is 8.90. The lowest BCUT2D eigenvalue weighted by molar-refractivity contribution is 0.117. The van der Waals surface area contributed by atoms with Gasteiger partial charge in [-0.2, -0.15) is 0 Å². The number of fused-ring (bicyclic) bond motifs is 1. The number of rotatable bonds is 4. The van der Waals surface area contributed by atoms with Gasteiger partial charge >= 0.3 is 0 Å². The molecule has 3 aromatic rings. The van der Waals surface area contributed by atoms with Crippen LogP contribution in [0.3, 0.4) is 0 Å². The zero-order valence-electron chi connectivity index (χ0n) is 15.8. The molecule has 138 valence electrons. The largest absolute Gasteiger partial charge is 0.347 e. The normalized spacial score (nSPS) is 13.5. The summed E-state index contributed by atoms with van der Waals surface area (Å²) in [6, 6.07) is 12.9. The minimum Gasteiger partial charge on any atom is -0.347 e. The van der Waals surface area contributed by atoms with E-state index in [1.807, 2.05) is 24.3 Å². The quantitative estimate of drug-likeness (QED) is 0.617. The second-order valence-electron chi connectivity index (χ2n) is 8.18. The second kappa shape index (κ2) is 6.84. The molecule has 0 aliphatic rings. The van der Waals surface area contributed by atoms with Crippen molar-refractivity contribution in [3.63, 3.8) is 0 Å². The molecule has 0 saturated heterocycles. The molecule has 1 unspecified atom stereocenters. The Labute approximate surface area is 153 Å². The highest BCUT2D eigenvalue weighted by Gasteiger charge is 2.24. The summed E-state index contributed by atoms with van der Waals surface area (Å²) in [5.41, 5.74) is 10.7. The predicted molar refractivity (Wildman–Crippen MR) is 104 cm³/mol. The van der Waals surface area contributed by atoms with Crippen molar-refractivity contribution in [1.29, 1.82) is 0 Å². The molecule has 1 heterocycles. The molecule has 0 bridgehead atoms. The van der Waals surface area contributed by atoms with Crippen molar-refractivity contribution >= 4 is 10.9 Å². The van der Waals surface area contributed by atoms with Crippen molar-refractivity contribution in [1.82, 2.24) is 4.57 Å². The lowest BCUT2D eigenvalue weighted by Crippen LogP contribution is -2.19. The first-order valence-corrected chi connectivity index (χ1v) is 8.90. The summed E-state index contributed by atoms with van der Waals surface area (Å²) in [5, 5.41) is 0.805. The molecule has 0 aliphatic heterocycles. The highest BCUT2D eigenvalue weighted by molar-refractivity contribution is 5.89. The number of alkyl halides is 2. The molecule has 26 heavy (non-hydrogen) atoms. The highest BCUT2D eigenvalue weighted by atomic mass is 19.3. The Balaban J connectivity index is 2.20.